The summed E-state index contributed by atoms with van der Waals surface area (Å²) in [6.45, 7) is 0. The molecule has 14 heavy (non-hydrogen) atoms. The maximum atomic E-state index is 10.5. The minimum absolute atomic E-state index is 0.190. The molecule has 0 fully saturated rings. The molecule has 0 saturated carbocycles. The fourth-order valence-electron chi connectivity index (χ4n) is 0.856. The van der Waals surface area contributed by atoms with Crippen LogP contribution in [0.2, 0.25) is 1.02 Å². The van der Waals surface area contributed by atoms with E-state index in [0.717, 1.165) is 49.0 Å². The first-order chi connectivity index (χ1) is 6.63. The molecule has 0 bridgehead atoms. The van der Waals surface area contributed by atoms with Crippen LogP contribution in [0.25, 0.3) is 0 Å². The topological polar surface area (TPSA) is 74.6 Å². The SMILES string of the molecule is O=C(O)c1ccccc1C(=O)O.[CH3][K]. The molecule has 0 amide bonds. The van der Waals surface area contributed by atoms with Gasteiger partial charge in [0.2, 0.25) is 0 Å². The number of hydrogen-bond acceptors (Lipinski definition) is 2. The van der Waals surface area contributed by atoms with Crippen LogP contribution in [0, 0.1) is 0 Å². The number of hydrogen-bond donors (Lipinski definition) is 2. The Morgan fingerprint density at radius 1 is 1.00 bits per heavy atom. The molecule has 70 valence electrons. The first-order valence-corrected chi connectivity index (χ1v) is 7.31. The van der Waals surface area contributed by atoms with Crippen molar-refractivity contribution < 1.29 is 19.8 Å². The van der Waals surface area contributed by atoms with Gasteiger partial charge in [0.1, 0.15) is 0 Å². The molecule has 1 rings (SSSR count). The molecule has 2 N–H and O–H groups in total. The van der Waals surface area contributed by atoms with Crippen molar-refractivity contribution in [1.29, 1.82) is 0 Å². The van der Waals surface area contributed by atoms with Crippen LogP contribution in [-0.2, 0) is 0 Å². The van der Waals surface area contributed by atoms with Crippen LogP contribution >= 0.6 is 0 Å². The van der Waals surface area contributed by atoms with Gasteiger partial charge in [0.05, 0.1) is 11.1 Å². The Morgan fingerprint density at radius 2 is 1.29 bits per heavy atom. The standard InChI is InChI=1S/C8H6O4.CH3.K/c9-7(10)5-3-1-2-4-6(5)8(11)12;;/h1-4H,(H,9,10)(H,11,12);1H3;. The van der Waals surface area contributed by atoms with E-state index in [4.69, 9.17) is 10.2 Å². The predicted molar refractivity (Wildman–Crippen MR) is 52.0 cm³/mol. The van der Waals surface area contributed by atoms with Crippen molar-refractivity contribution in [2.24, 2.45) is 0 Å². The monoisotopic (exact) mass is 220 g/mol. The summed E-state index contributed by atoms with van der Waals surface area (Å²) < 4.78 is 2.19. The third-order valence-corrected chi connectivity index (χ3v) is 1.39. The van der Waals surface area contributed by atoms with Crippen LogP contribution in [0.3, 0.4) is 0 Å². The first kappa shape index (κ1) is 13.8. The van der Waals surface area contributed by atoms with Gasteiger partial charge in [-0.2, -0.15) is 0 Å². The normalized spacial score (nSPS) is 8.50. The average molecular weight is 220 g/mol. The van der Waals surface area contributed by atoms with Crippen molar-refractivity contribution in [3.63, 3.8) is 0 Å². The fraction of sp³-hybridized carbons (Fsp3) is 0.111. The molecule has 0 heterocycles. The van der Waals surface area contributed by atoms with E-state index in [1.807, 2.05) is 0 Å². The summed E-state index contributed by atoms with van der Waals surface area (Å²) in [5, 5.41) is 17.1. The van der Waals surface area contributed by atoms with Crippen molar-refractivity contribution in [2.75, 3.05) is 0 Å². The molecular weight excluding hydrogens is 211 g/mol. The molecule has 1 aromatic carbocycles. The molecule has 0 aliphatic carbocycles. The summed E-state index contributed by atoms with van der Waals surface area (Å²) in [5.74, 6) is -2.46. The van der Waals surface area contributed by atoms with Gasteiger partial charge in [0, 0.05) is 0 Å². The van der Waals surface area contributed by atoms with Gasteiger partial charge in [-0.1, -0.05) is 12.1 Å². The van der Waals surface area contributed by atoms with Crippen LogP contribution in [0.15, 0.2) is 24.3 Å². The van der Waals surface area contributed by atoms with E-state index in [9.17, 15) is 9.59 Å². The van der Waals surface area contributed by atoms with Crippen LogP contribution in [0.5, 0.6) is 0 Å². The van der Waals surface area contributed by atoms with E-state index in [2.05, 4.69) is 1.02 Å². The quantitative estimate of drug-likeness (QED) is 0.736. The summed E-state index contributed by atoms with van der Waals surface area (Å²) in [5.41, 5.74) is -0.380. The average Bonchev–Trinajstić information content (AvgIpc) is 2.20. The van der Waals surface area contributed by atoms with Gasteiger partial charge in [-0.15, -0.1) is 0 Å². The van der Waals surface area contributed by atoms with Gasteiger partial charge < -0.3 is 10.2 Å². The molecule has 5 heteroatoms. The van der Waals surface area contributed by atoms with Gasteiger partial charge in [-0.25, -0.2) is 9.59 Å². The second-order valence-corrected chi connectivity index (χ2v) is 2.16. The van der Waals surface area contributed by atoms with E-state index < -0.39 is 11.9 Å². The first-order valence-electron chi connectivity index (χ1n) is 4.18. The minimum atomic E-state index is -1.23. The van der Waals surface area contributed by atoms with E-state index in [0.29, 0.717) is 0 Å². The summed E-state index contributed by atoms with van der Waals surface area (Å²) in [6, 6.07) is 5.48. The summed E-state index contributed by atoms with van der Waals surface area (Å²) in [6.07, 6.45) is 0. The van der Waals surface area contributed by atoms with Crippen molar-refractivity contribution in [3.8, 4) is 0 Å². The number of aromatic carboxylic acids is 2. The molecule has 0 atom stereocenters. The zero-order valence-electron chi connectivity index (χ0n) is 8.02. The Morgan fingerprint density at radius 3 is 1.50 bits per heavy atom. The molecule has 0 radical (unpaired) electrons. The number of carboxylic acids is 2. The predicted octanol–water partition coefficient (Wildman–Crippen LogP) is 1.29. The third kappa shape index (κ3) is 3.89. The zero-order chi connectivity index (χ0) is 11.1. The summed E-state index contributed by atoms with van der Waals surface area (Å²) in [4.78, 5) is 20.9. The number of rotatable bonds is 2. The van der Waals surface area contributed by atoms with E-state index in [1.54, 1.807) is 0 Å². The van der Waals surface area contributed by atoms with Crippen molar-refractivity contribution >= 4 is 60.9 Å². The molecule has 4 nitrogen and oxygen atoms in total. The van der Waals surface area contributed by atoms with Crippen LogP contribution in [0.4, 0.5) is 0 Å². The van der Waals surface area contributed by atoms with Gasteiger partial charge in [0.15, 0.2) is 0 Å². The van der Waals surface area contributed by atoms with Crippen LogP contribution in [-0.4, -0.2) is 71.1 Å². The molecule has 0 unspecified atom stereocenters. The molecule has 0 spiro atoms. The fourth-order valence-corrected chi connectivity index (χ4v) is 0.856. The molecule has 0 aromatic heterocycles. The number of carboxylic acid groups (broad SMARTS) is 2. The maximum absolute atomic E-state index is 10.5. The molecule has 1 aromatic rings. The molecule has 0 aliphatic rings. The van der Waals surface area contributed by atoms with Gasteiger partial charge in [0.25, 0.3) is 0 Å². The number of carbonyl (C=O) groups is 2. The third-order valence-electron chi connectivity index (χ3n) is 1.39. The Labute approximate surface area is 116 Å². The van der Waals surface area contributed by atoms with Gasteiger partial charge >= 0.3 is 61.9 Å². The van der Waals surface area contributed by atoms with Crippen LogP contribution < -0.4 is 0 Å². The molecular formula is C9H9KO4. The Bertz CT molecular complexity index is 302. The second kappa shape index (κ2) is 7.14. The van der Waals surface area contributed by atoms with Gasteiger partial charge in [-0.05, 0) is 12.1 Å². The number of benzene rings is 1. The van der Waals surface area contributed by atoms with E-state index >= 15 is 0 Å². The zero-order valence-corrected chi connectivity index (χ0v) is 11.1. The van der Waals surface area contributed by atoms with Crippen molar-refractivity contribution in [3.05, 3.63) is 35.4 Å². The summed E-state index contributed by atoms with van der Waals surface area (Å²) >= 11 is 1.06. The van der Waals surface area contributed by atoms with Crippen LogP contribution in [0.1, 0.15) is 20.7 Å². The molecule has 0 saturated heterocycles. The Balaban J connectivity index is 0.000000791. The van der Waals surface area contributed by atoms with E-state index in [-0.39, 0.29) is 11.1 Å². The van der Waals surface area contributed by atoms with Crippen molar-refractivity contribution in [2.45, 2.75) is 1.02 Å². The summed E-state index contributed by atoms with van der Waals surface area (Å²) in [7, 11) is 0. The Hall–Kier alpha value is -0.204. The second-order valence-electron chi connectivity index (χ2n) is 2.16. The Kier molecular flexibility index (Phi) is 7.03. The van der Waals surface area contributed by atoms with E-state index in [1.165, 1.54) is 24.3 Å². The van der Waals surface area contributed by atoms with Gasteiger partial charge in [-0.3, -0.25) is 0 Å². The molecule has 0 aliphatic heterocycles. The van der Waals surface area contributed by atoms with Crippen molar-refractivity contribution in [1.82, 2.24) is 0 Å².